The van der Waals surface area contributed by atoms with Gasteiger partial charge in [0.15, 0.2) is 5.41 Å². The molecule has 1 rings (SSSR count). The zero-order valence-electron chi connectivity index (χ0n) is 12.4. The lowest BCUT2D eigenvalue weighted by atomic mass is 9.70. The first-order valence-electron chi connectivity index (χ1n) is 7.52. The highest BCUT2D eigenvalue weighted by Gasteiger charge is 2.53. The minimum absolute atomic E-state index is 0.0770. The number of ether oxygens (including phenoxy) is 1. The summed E-state index contributed by atoms with van der Waals surface area (Å²) in [6.07, 6.45) is 9.48. The molecule has 0 heterocycles. The lowest BCUT2D eigenvalue weighted by Gasteiger charge is -2.32. The van der Waals surface area contributed by atoms with Crippen LogP contribution in [0, 0.1) is 11.3 Å². The van der Waals surface area contributed by atoms with Gasteiger partial charge in [-0.2, -0.15) is 0 Å². The largest absolute Gasteiger partial charge is 0.480 e. The van der Waals surface area contributed by atoms with E-state index < -0.39 is 17.4 Å². The third-order valence-electron chi connectivity index (χ3n) is 4.46. The molecule has 0 aromatic rings. The van der Waals surface area contributed by atoms with E-state index in [4.69, 9.17) is 4.74 Å². The maximum absolute atomic E-state index is 12.2. The molecule has 1 N–H and O–H groups in total. The molecule has 20 heavy (non-hydrogen) atoms. The van der Waals surface area contributed by atoms with Crippen molar-refractivity contribution in [3.63, 3.8) is 0 Å². The average Bonchev–Trinajstić information content (AvgIpc) is 2.96. The van der Waals surface area contributed by atoms with Crippen LogP contribution in [0.5, 0.6) is 0 Å². The van der Waals surface area contributed by atoms with Crippen molar-refractivity contribution in [3.05, 3.63) is 12.7 Å². The number of hydrogen-bond acceptors (Lipinski definition) is 3. The summed E-state index contributed by atoms with van der Waals surface area (Å²) in [5.74, 6) is -1.66. The highest BCUT2D eigenvalue weighted by molar-refractivity contribution is 5.99. The summed E-state index contributed by atoms with van der Waals surface area (Å²) in [6.45, 7) is 3.67. The third kappa shape index (κ3) is 3.62. The van der Waals surface area contributed by atoms with Crippen LogP contribution in [0.3, 0.4) is 0 Å². The molecule has 0 spiro atoms. The van der Waals surface area contributed by atoms with Gasteiger partial charge in [0, 0.05) is 0 Å². The van der Waals surface area contributed by atoms with E-state index in [1.54, 1.807) is 0 Å². The van der Waals surface area contributed by atoms with E-state index in [2.05, 4.69) is 6.58 Å². The molecule has 0 aromatic heterocycles. The van der Waals surface area contributed by atoms with Crippen LogP contribution in [0.2, 0.25) is 0 Å². The molecule has 4 nitrogen and oxygen atoms in total. The number of unbranched alkanes of at least 4 members (excludes halogenated alkanes) is 3. The van der Waals surface area contributed by atoms with Gasteiger partial charge in [-0.15, -0.1) is 6.58 Å². The van der Waals surface area contributed by atoms with Gasteiger partial charge in [-0.25, -0.2) is 0 Å². The van der Waals surface area contributed by atoms with Crippen molar-refractivity contribution in [1.29, 1.82) is 0 Å². The van der Waals surface area contributed by atoms with Gasteiger partial charge in [-0.3, -0.25) is 9.59 Å². The highest BCUT2D eigenvalue weighted by Crippen LogP contribution is 2.44. The molecular weight excluding hydrogens is 256 g/mol. The predicted octanol–water partition coefficient (Wildman–Crippen LogP) is 3.56. The average molecular weight is 282 g/mol. The molecule has 0 saturated heterocycles. The molecule has 1 saturated carbocycles. The molecule has 0 bridgehead atoms. The molecule has 0 aromatic carbocycles. The van der Waals surface area contributed by atoms with E-state index in [0.717, 1.165) is 51.4 Å². The Morgan fingerprint density at radius 3 is 2.45 bits per heavy atom. The zero-order chi connectivity index (χ0) is 15.0. The number of aliphatic carboxylic acids is 1. The van der Waals surface area contributed by atoms with E-state index in [1.807, 2.05) is 6.08 Å². The highest BCUT2D eigenvalue weighted by atomic mass is 16.5. The number of carbonyl (C=O) groups is 2. The zero-order valence-corrected chi connectivity index (χ0v) is 12.4. The fourth-order valence-corrected chi connectivity index (χ4v) is 3.31. The Morgan fingerprint density at radius 2 is 1.95 bits per heavy atom. The van der Waals surface area contributed by atoms with E-state index in [1.165, 1.54) is 7.11 Å². The molecule has 1 aliphatic rings. The number of esters is 1. The summed E-state index contributed by atoms with van der Waals surface area (Å²) >= 11 is 0. The summed E-state index contributed by atoms with van der Waals surface area (Å²) in [5, 5.41) is 9.67. The summed E-state index contributed by atoms with van der Waals surface area (Å²) in [4.78, 5) is 24.0. The summed E-state index contributed by atoms with van der Waals surface area (Å²) in [5.41, 5.74) is -1.33. The summed E-state index contributed by atoms with van der Waals surface area (Å²) < 4.78 is 4.83. The van der Waals surface area contributed by atoms with Crippen LogP contribution in [-0.4, -0.2) is 24.2 Å². The van der Waals surface area contributed by atoms with Gasteiger partial charge in [-0.05, 0) is 38.0 Å². The molecule has 1 aliphatic carbocycles. The topological polar surface area (TPSA) is 63.6 Å². The quantitative estimate of drug-likeness (QED) is 0.304. The van der Waals surface area contributed by atoms with Crippen LogP contribution in [0.25, 0.3) is 0 Å². The second kappa shape index (κ2) is 8.08. The van der Waals surface area contributed by atoms with Crippen LogP contribution in [0.4, 0.5) is 0 Å². The van der Waals surface area contributed by atoms with Crippen molar-refractivity contribution in [2.24, 2.45) is 11.3 Å². The van der Waals surface area contributed by atoms with Gasteiger partial charge in [-0.1, -0.05) is 31.8 Å². The number of rotatable bonds is 9. The monoisotopic (exact) mass is 282 g/mol. The van der Waals surface area contributed by atoms with Crippen molar-refractivity contribution in [2.45, 2.75) is 57.8 Å². The van der Waals surface area contributed by atoms with Crippen molar-refractivity contribution >= 4 is 11.9 Å². The predicted molar refractivity (Wildman–Crippen MR) is 77.3 cm³/mol. The summed E-state index contributed by atoms with van der Waals surface area (Å²) in [6, 6.07) is 0. The maximum Gasteiger partial charge on any atom is 0.323 e. The van der Waals surface area contributed by atoms with Gasteiger partial charge < -0.3 is 9.84 Å². The summed E-state index contributed by atoms with van der Waals surface area (Å²) in [7, 11) is 1.28. The fourth-order valence-electron chi connectivity index (χ4n) is 3.31. The minimum atomic E-state index is -1.33. The number of carboxylic acid groups (broad SMARTS) is 1. The Hall–Kier alpha value is -1.32. The first kappa shape index (κ1) is 16.7. The second-order valence-corrected chi connectivity index (χ2v) is 5.64. The van der Waals surface area contributed by atoms with Gasteiger partial charge >= 0.3 is 11.9 Å². The maximum atomic E-state index is 12.2. The fraction of sp³-hybridized carbons (Fsp3) is 0.750. The molecule has 1 fully saturated rings. The first-order valence-corrected chi connectivity index (χ1v) is 7.52. The van der Waals surface area contributed by atoms with Gasteiger partial charge in [0.05, 0.1) is 7.11 Å². The molecular formula is C16H26O4. The number of carbonyl (C=O) groups excluding carboxylic acids is 1. The van der Waals surface area contributed by atoms with Crippen molar-refractivity contribution in [1.82, 2.24) is 0 Å². The Bertz CT molecular complexity index is 344. The van der Waals surface area contributed by atoms with Crippen LogP contribution in [0.1, 0.15) is 57.8 Å². The second-order valence-electron chi connectivity index (χ2n) is 5.64. The van der Waals surface area contributed by atoms with Crippen molar-refractivity contribution in [2.75, 3.05) is 7.11 Å². The number of allylic oxidation sites excluding steroid dienone is 1. The van der Waals surface area contributed by atoms with Gasteiger partial charge in [0.25, 0.3) is 0 Å². The Balaban J connectivity index is 2.78. The molecule has 0 amide bonds. The molecule has 1 atom stereocenters. The van der Waals surface area contributed by atoms with Crippen LogP contribution in [-0.2, 0) is 14.3 Å². The van der Waals surface area contributed by atoms with Crippen molar-refractivity contribution in [3.8, 4) is 0 Å². The SMILES string of the molecule is C=CCCCCCC(C(=O)O)(C(=O)OC)C1CCCC1. The number of carboxylic acids is 1. The van der Waals surface area contributed by atoms with E-state index in [-0.39, 0.29) is 5.92 Å². The molecule has 0 radical (unpaired) electrons. The Morgan fingerprint density at radius 1 is 1.30 bits per heavy atom. The third-order valence-corrected chi connectivity index (χ3v) is 4.46. The van der Waals surface area contributed by atoms with Crippen LogP contribution >= 0.6 is 0 Å². The normalized spacial score (nSPS) is 18.4. The standard InChI is InChI=1S/C16H26O4/c1-3-4-5-6-9-12-16(14(17)18,15(19)20-2)13-10-7-8-11-13/h3,13H,1,4-12H2,2H3,(H,17,18). The number of methoxy groups -OCH3 is 1. The lowest BCUT2D eigenvalue weighted by Crippen LogP contribution is -2.45. The molecule has 0 aliphatic heterocycles. The number of hydrogen-bond donors (Lipinski definition) is 1. The van der Waals surface area contributed by atoms with Gasteiger partial charge in [0.1, 0.15) is 0 Å². The molecule has 114 valence electrons. The smallest absolute Gasteiger partial charge is 0.323 e. The minimum Gasteiger partial charge on any atom is -0.480 e. The van der Waals surface area contributed by atoms with E-state index >= 15 is 0 Å². The Labute approximate surface area is 121 Å². The van der Waals surface area contributed by atoms with Gasteiger partial charge in [0.2, 0.25) is 0 Å². The molecule has 1 unspecified atom stereocenters. The van der Waals surface area contributed by atoms with Crippen molar-refractivity contribution < 1.29 is 19.4 Å². The molecule has 4 heteroatoms. The lowest BCUT2D eigenvalue weighted by molar-refractivity contribution is -0.172. The first-order chi connectivity index (χ1) is 9.59. The van der Waals surface area contributed by atoms with Crippen LogP contribution in [0.15, 0.2) is 12.7 Å². The Kier molecular flexibility index (Phi) is 6.76. The van der Waals surface area contributed by atoms with E-state index in [0.29, 0.717) is 6.42 Å². The van der Waals surface area contributed by atoms with E-state index in [9.17, 15) is 14.7 Å². The van der Waals surface area contributed by atoms with Crippen LogP contribution < -0.4 is 0 Å².